The summed E-state index contributed by atoms with van der Waals surface area (Å²) >= 11 is 0. The molecule has 0 unspecified atom stereocenters. The number of hydrogen-bond acceptors (Lipinski definition) is 2. The summed E-state index contributed by atoms with van der Waals surface area (Å²) in [7, 11) is 0. The molecule has 25 heavy (non-hydrogen) atoms. The van der Waals surface area contributed by atoms with Gasteiger partial charge in [-0.15, -0.1) is 0 Å². The van der Waals surface area contributed by atoms with Crippen LogP contribution in [-0.4, -0.2) is 18.4 Å². The van der Waals surface area contributed by atoms with Crippen molar-refractivity contribution in [1.29, 1.82) is 0 Å². The first-order chi connectivity index (χ1) is 12.1. The zero-order valence-electron chi connectivity index (χ0n) is 14.5. The molecule has 4 rings (SSSR count). The molecule has 2 amide bonds. The zero-order valence-corrected chi connectivity index (χ0v) is 14.5. The molecule has 0 radical (unpaired) electrons. The molecule has 2 aromatic carbocycles. The Morgan fingerprint density at radius 2 is 1.92 bits per heavy atom. The molecule has 0 aromatic heterocycles. The molecule has 0 aliphatic carbocycles. The van der Waals surface area contributed by atoms with Crippen LogP contribution in [0.25, 0.3) is 0 Å². The summed E-state index contributed by atoms with van der Waals surface area (Å²) in [5.41, 5.74) is 6.34. The molecular formula is C21H22N2O2. The number of rotatable bonds is 3. The highest BCUT2D eigenvalue weighted by Gasteiger charge is 2.30. The van der Waals surface area contributed by atoms with E-state index in [1.165, 1.54) is 5.56 Å². The van der Waals surface area contributed by atoms with E-state index in [0.29, 0.717) is 18.5 Å². The number of nitrogens with one attached hydrogen (secondary N) is 1. The summed E-state index contributed by atoms with van der Waals surface area (Å²) in [5.74, 6) is 0.166. The average molecular weight is 334 g/mol. The van der Waals surface area contributed by atoms with E-state index in [0.717, 1.165) is 48.2 Å². The summed E-state index contributed by atoms with van der Waals surface area (Å²) in [6.45, 7) is 3.38. The summed E-state index contributed by atoms with van der Waals surface area (Å²) < 4.78 is 0. The lowest BCUT2D eigenvalue weighted by Crippen LogP contribution is -2.39. The van der Waals surface area contributed by atoms with E-state index in [1.807, 2.05) is 42.2 Å². The van der Waals surface area contributed by atoms with Gasteiger partial charge in [0.25, 0.3) is 5.91 Å². The van der Waals surface area contributed by atoms with Crippen molar-refractivity contribution in [2.24, 2.45) is 0 Å². The second-order valence-electron chi connectivity index (χ2n) is 6.96. The first-order valence-electron chi connectivity index (χ1n) is 8.92. The standard InChI is InChI=1S/C21H22N2O2/c1-14-4-2-5-15(10-14)13-22-21(25)18-11-16-6-3-9-23-19(24)8-7-17(12-18)20(16)23/h2,4-5,10-12H,3,6-9,13H2,1H3,(H,22,25). The van der Waals surface area contributed by atoms with E-state index in [9.17, 15) is 9.59 Å². The van der Waals surface area contributed by atoms with Crippen molar-refractivity contribution in [2.45, 2.75) is 39.2 Å². The highest BCUT2D eigenvalue weighted by atomic mass is 16.2. The SMILES string of the molecule is Cc1cccc(CNC(=O)c2cc3c4c(c2)CCC(=O)N4CCC3)c1. The Bertz CT molecular complexity index is 840. The van der Waals surface area contributed by atoms with Crippen LogP contribution in [0.4, 0.5) is 5.69 Å². The Labute approximate surface area is 147 Å². The van der Waals surface area contributed by atoms with Crippen molar-refractivity contribution < 1.29 is 9.59 Å². The smallest absolute Gasteiger partial charge is 0.251 e. The molecule has 2 heterocycles. The van der Waals surface area contributed by atoms with Crippen LogP contribution in [0.5, 0.6) is 0 Å². The maximum absolute atomic E-state index is 12.6. The molecule has 2 aromatic rings. The van der Waals surface area contributed by atoms with Gasteiger partial charge in [-0.1, -0.05) is 29.8 Å². The van der Waals surface area contributed by atoms with Gasteiger partial charge >= 0.3 is 0 Å². The van der Waals surface area contributed by atoms with Gasteiger partial charge in [-0.05, 0) is 55.0 Å². The molecule has 0 atom stereocenters. The number of nitrogens with zero attached hydrogens (tertiary/aromatic N) is 1. The van der Waals surface area contributed by atoms with Gasteiger partial charge in [-0.25, -0.2) is 0 Å². The van der Waals surface area contributed by atoms with Gasteiger partial charge in [-0.3, -0.25) is 9.59 Å². The number of carbonyl (C=O) groups is 2. The molecule has 4 nitrogen and oxygen atoms in total. The Balaban J connectivity index is 1.57. The van der Waals surface area contributed by atoms with E-state index < -0.39 is 0 Å². The predicted octanol–water partition coefficient (Wildman–Crippen LogP) is 3.15. The molecule has 0 fully saturated rings. The number of anilines is 1. The number of amides is 2. The second kappa shape index (κ2) is 6.36. The van der Waals surface area contributed by atoms with Crippen LogP contribution < -0.4 is 10.2 Å². The third-order valence-corrected chi connectivity index (χ3v) is 5.07. The van der Waals surface area contributed by atoms with Crippen LogP contribution in [0.15, 0.2) is 36.4 Å². The van der Waals surface area contributed by atoms with Crippen molar-refractivity contribution in [2.75, 3.05) is 11.4 Å². The molecule has 2 aliphatic rings. The fraction of sp³-hybridized carbons (Fsp3) is 0.333. The summed E-state index contributed by atoms with van der Waals surface area (Å²) in [5, 5.41) is 3.02. The first kappa shape index (κ1) is 15.9. The lowest BCUT2D eigenvalue weighted by Gasteiger charge is -2.35. The topological polar surface area (TPSA) is 49.4 Å². The minimum atomic E-state index is -0.0467. The third-order valence-electron chi connectivity index (χ3n) is 5.07. The highest BCUT2D eigenvalue weighted by molar-refractivity contribution is 6.00. The summed E-state index contributed by atoms with van der Waals surface area (Å²) in [6, 6.07) is 12.1. The normalized spacial score (nSPS) is 15.7. The monoisotopic (exact) mass is 334 g/mol. The van der Waals surface area contributed by atoms with Gasteiger partial charge in [0.1, 0.15) is 0 Å². The van der Waals surface area contributed by atoms with Gasteiger partial charge < -0.3 is 10.2 Å². The van der Waals surface area contributed by atoms with Crippen molar-refractivity contribution in [3.05, 3.63) is 64.2 Å². The van der Waals surface area contributed by atoms with E-state index in [4.69, 9.17) is 0 Å². The van der Waals surface area contributed by atoms with E-state index >= 15 is 0 Å². The number of hydrogen-bond donors (Lipinski definition) is 1. The van der Waals surface area contributed by atoms with Gasteiger partial charge in [0.2, 0.25) is 5.91 Å². The quantitative estimate of drug-likeness (QED) is 0.937. The zero-order chi connectivity index (χ0) is 17.4. The van der Waals surface area contributed by atoms with E-state index in [1.54, 1.807) is 0 Å². The van der Waals surface area contributed by atoms with Crippen LogP contribution in [-0.2, 0) is 24.2 Å². The summed E-state index contributed by atoms with van der Waals surface area (Å²) in [6.07, 6.45) is 3.18. The molecule has 2 aliphatic heterocycles. The number of benzene rings is 2. The fourth-order valence-electron chi connectivity index (χ4n) is 3.89. The highest BCUT2D eigenvalue weighted by Crippen LogP contribution is 2.36. The molecular weight excluding hydrogens is 312 g/mol. The minimum absolute atomic E-state index is 0.0467. The molecule has 1 N–H and O–H groups in total. The van der Waals surface area contributed by atoms with Gasteiger partial charge in [0.15, 0.2) is 0 Å². The number of carbonyl (C=O) groups excluding carboxylic acids is 2. The Morgan fingerprint density at radius 3 is 2.72 bits per heavy atom. The van der Waals surface area contributed by atoms with Crippen molar-refractivity contribution >= 4 is 17.5 Å². The fourth-order valence-corrected chi connectivity index (χ4v) is 3.89. The summed E-state index contributed by atoms with van der Waals surface area (Å²) in [4.78, 5) is 26.7. The maximum atomic E-state index is 12.6. The molecule has 0 bridgehead atoms. The van der Waals surface area contributed by atoms with Crippen molar-refractivity contribution in [3.63, 3.8) is 0 Å². The van der Waals surface area contributed by atoms with Crippen molar-refractivity contribution in [1.82, 2.24) is 5.32 Å². The molecule has 4 heteroatoms. The second-order valence-corrected chi connectivity index (χ2v) is 6.96. The first-order valence-corrected chi connectivity index (χ1v) is 8.92. The Hall–Kier alpha value is -2.62. The Kier molecular flexibility index (Phi) is 4.04. The lowest BCUT2D eigenvalue weighted by molar-refractivity contribution is -0.119. The molecule has 128 valence electrons. The molecule has 0 spiro atoms. The van der Waals surface area contributed by atoms with Crippen LogP contribution in [0.2, 0.25) is 0 Å². The van der Waals surface area contributed by atoms with Crippen LogP contribution in [0, 0.1) is 6.92 Å². The minimum Gasteiger partial charge on any atom is -0.348 e. The lowest BCUT2D eigenvalue weighted by atomic mass is 9.89. The third kappa shape index (κ3) is 3.04. The van der Waals surface area contributed by atoms with Gasteiger partial charge in [0.05, 0.1) is 5.69 Å². The molecule has 0 saturated heterocycles. The van der Waals surface area contributed by atoms with Crippen LogP contribution >= 0.6 is 0 Å². The van der Waals surface area contributed by atoms with Gasteiger partial charge in [0, 0.05) is 25.1 Å². The van der Waals surface area contributed by atoms with E-state index in [2.05, 4.69) is 11.4 Å². The van der Waals surface area contributed by atoms with Crippen LogP contribution in [0.3, 0.4) is 0 Å². The van der Waals surface area contributed by atoms with E-state index in [-0.39, 0.29) is 11.8 Å². The maximum Gasteiger partial charge on any atom is 0.251 e. The van der Waals surface area contributed by atoms with Crippen molar-refractivity contribution in [3.8, 4) is 0 Å². The van der Waals surface area contributed by atoms with Crippen LogP contribution in [0.1, 0.15) is 45.5 Å². The Morgan fingerprint density at radius 1 is 1.12 bits per heavy atom. The van der Waals surface area contributed by atoms with Gasteiger partial charge in [-0.2, -0.15) is 0 Å². The number of aryl methyl sites for hydroxylation is 3. The average Bonchev–Trinajstić information content (AvgIpc) is 2.62. The molecule has 0 saturated carbocycles. The predicted molar refractivity (Wildman–Crippen MR) is 97.8 cm³/mol. The largest absolute Gasteiger partial charge is 0.348 e.